The lowest BCUT2D eigenvalue weighted by molar-refractivity contribution is 0.522. The van der Waals surface area contributed by atoms with Crippen LogP contribution >= 0.6 is 23.2 Å². The fourth-order valence-corrected chi connectivity index (χ4v) is 5.44. The minimum absolute atomic E-state index is 0.0113. The van der Waals surface area contributed by atoms with Gasteiger partial charge in [-0.05, 0) is 59.7 Å². The Morgan fingerprint density at radius 1 is 0.425 bits per heavy atom. The normalized spacial score (nSPS) is 11.5. The van der Waals surface area contributed by atoms with Gasteiger partial charge in [0, 0.05) is 32.3 Å². The summed E-state index contributed by atoms with van der Waals surface area (Å²) in [5, 5.41) is 1.12. The molecule has 0 aliphatic rings. The molecule has 0 fully saturated rings. The summed E-state index contributed by atoms with van der Waals surface area (Å²) in [5.41, 5.74) is 3.79. The summed E-state index contributed by atoms with van der Waals surface area (Å²) in [5.74, 6) is -1.25. The second-order valence-corrected chi connectivity index (χ2v) is 10.3. The van der Waals surface area contributed by atoms with E-state index < -0.39 is 11.6 Å². The molecule has 5 aromatic carbocycles. The second-order valence-electron chi connectivity index (χ2n) is 9.39. The third-order valence-electron chi connectivity index (χ3n) is 6.99. The molecule has 2 heterocycles. The Morgan fingerprint density at radius 2 is 0.775 bits per heavy atom. The first-order valence-corrected chi connectivity index (χ1v) is 13.3. The lowest BCUT2D eigenvalue weighted by Gasteiger charge is -2.06. The maximum atomic E-state index is 16.3. The summed E-state index contributed by atoms with van der Waals surface area (Å²) in [7, 11) is 0. The van der Waals surface area contributed by atoms with Crippen molar-refractivity contribution in [3.05, 3.63) is 131 Å². The van der Waals surface area contributed by atoms with E-state index in [9.17, 15) is 0 Å². The fraction of sp³-hybridized carbons (Fsp3) is 0. The monoisotopic (exact) mass is 566 g/mol. The van der Waals surface area contributed by atoms with Crippen LogP contribution in [0.3, 0.4) is 0 Å². The van der Waals surface area contributed by atoms with Gasteiger partial charge in [0.1, 0.15) is 11.5 Å². The molecular weight excluding hydrogens is 549 g/mol. The van der Waals surface area contributed by atoms with Crippen LogP contribution in [-0.2, 0) is 0 Å². The van der Waals surface area contributed by atoms with Crippen molar-refractivity contribution in [2.75, 3.05) is 0 Å². The second kappa shape index (κ2) is 9.67. The van der Waals surface area contributed by atoms with Crippen molar-refractivity contribution in [3.63, 3.8) is 0 Å². The van der Waals surface area contributed by atoms with Gasteiger partial charge >= 0.3 is 0 Å². The minimum Gasteiger partial charge on any atom is -0.451 e. The number of hydrogen-bond acceptors (Lipinski definition) is 2. The van der Waals surface area contributed by atoms with E-state index in [1.165, 1.54) is 0 Å². The minimum atomic E-state index is -1.01. The van der Waals surface area contributed by atoms with Gasteiger partial charge in [0.05, 0.1) is 10.8 Å². The van der Waals surface area contributed by atoms with Crippen LogP contribution in [0, 0.1) is 11.6 Å². The van der Waals surface area contributed by atoms with E-state index in [0.29, 0.717) is 54.9 Å². The van der Waals surface area contributed by atoms with Crippen LogP contribution in [0.25, 0.3) is 66.8 Å². The summed E-state index contributed by atoms with van der Waals surface area (Å²) < 4.78 is 45.5. The van der Waals surface area contributed by atoms with Crippen LogP contribution in [0.15, 0.2) is 118 Å². The molecule has 0 spiro atoms. The SMILES string of the molecule is Fc1c(F)c2c(-c3ccccc3)c(-c3ccc(Cl)cc3)oc2c2oc(-c3ccc(Cl)cc3)c(-c3ccccc3)c12. The number of fused-ring (bicyclic) bond motifs is 3. The summed E-state index contributed by atoms with van der Waals surface area (Å²) >= 11 is 12.3. The largest absolute Gasteiger partial charge is 0.451 e. The van der Waals surface area contributed by atoms with E-state index in [1.54, 1.807) is 48.5 Å². The molecule has 0 radical (unpaired) electrons. The molecule has 0 bridgehead atoms. The molecule has 7 aromatic rings. The van der Waals surface area contributed by atoms with E-state index in [2.05, 4.69) is 0 Å². The topological polar surface area (TPSA) is 26.3 Å². The summed E-state index contributed by atoms with van der Waals surface area (Å²) in [4.78, 5) is 0. The first-order chi connectivity index (χ1) is 19.5. The Morgan fingerprint density at radius 3 is 1.12 bits per heavy atom. The first-order valence-electron chi connectivity index (χ1n) is 12.5. The Labute approximate surface area is 238 Å². The molecule has 0 unspecified atom stereocenters. The van der Waals surface area contributed by atoms with Gasteiger partial charge in [0.15, 0.2) is 22.8 Å². The molecule has 0 aliphatic heterocycles. The van der Waals surface area contributed by atoms with Crippen LogP contribution in [0.1, 0.15) is 0 Å². The third-order valence-corrected chi connectivity index (χ3v) is 7.50. The number of hydrogen-bond donors (Lipinski definition) is 0. The molecule has 0 amide bonds. The molecule has 6 heteroatoms. The maximum absolute atomic E-state index is 16.3. The highest BCUT2D eigenvalue weighted by Gasteiger charge is 2.31. The zero-order chi connectivity index (χ0) is 27.4. The van der Waals surface area contributed by atoms with Crippen LogP contribution < -0.4 is 0 Å². The molecule has 0 atom stereocenters. The summed E-state index contributed by atoms with van der Waals surface area (Å²) in [6.07, 6.45) is 0. The van der Waals surface area contributed by atoms with Crippen molar-refractivity contribution >= 4 is 45.1 Å². The number of furan rings is 2. The van der Waals surface area contributed by atoms with E-state index in [4.69, 9.17) is 32.0 Å². The highest BCUT2D eigenvalue weighted by molar-refractivity contribution is 6.31. The van der Waals surface area contributed by atoms with Crippen molar-refractivity contribution in [3.8, 4) is 44.9 Å². The number of rotatable bonds is 4. The average Bonchev–Trinajstić information content (AvgIpc) is 3.58. The van der Waals surface area contributed by atoms with Gasteiger partial charge in [0.2, 0.25) is 0 Å². The standard InChI is InChI=1S/C34H18Cl2F2O2/c35-23-15-11-21(12-16-23)31-25(19-7-3-1-4-8-19)27-29(37)30(38)28-26(20-9-5-2-6-10-20)32(40-34(28)33(27)39-31)22-13-17-24(36)18-14-22/h1-18H. The predicted molar refractivity (Wildman–Crippen MR) is 158 cm³/mol. The van der Waals surface area contributed by atoms with Crippen LogP contribution in [0.2, 0.25) is 10.0 Å². The summed E-state index contributed by atoms with van der Waals surface area (Å²) in [6.45, 7) is 0. The van der Waals surface area contributed by atoms with Gasteiger partial charge in [-0.1, -0.05) is 83.9 Å². The van der Waals surface area contributed by atoms with Crippen LogP contribution in [0.4, 0.5) is 8.78 Å². The Bertz CT molecular complexity index is 1860. The fourth-order valence-electron chi connectivity index (χ4n) is 5.19. The van der Waals surface area contributed by atoms with E-state index >= 15 is 8.78 Å². The summed E-state index contributed by atoms with van der Waals surface area (Å²) in [6, 6.07) is 32.5. The highest BCUT2D eigenvalue weighted by Crippen LogP contribution is 2.50. The van der Waals surface area contributed by atoms with Gasteiger partial charge in [0.25, 0.3) is 0 Å². The lowest BCUT2D eigenvalue weighted by Crippen LogP contribution is -1.90. The zero-order valence-corrected chi connectivity index (χ0v) is 22.2. The highest BCUT2D eigenvalue weighted by atomic mass is 35.5. The number of halogens is 4. The quantitative estimate of drug-likeness (QED) is 0.212. The van der Waals surface area contributed by atoms with Gasteiger partial charge in [-0.2, -0.15) is 0 Å². The van der Waals surface area contributed by atoms with Crippen LogP contribution in [0.5, 0.6) is 0 Å². The van der Waals surface area contributed by atoms with E-state index in [1.807, 2.05) is 60.7 Å². The Balaban J connectivity index is 1.65. The molecule has 40 heavy (non-hydrogen) atoms. The maximum Gasteiger partial charge on any atom is 0.181 e. The van der Waals surface area contributed by atoms with Gasteiger partial charge in [-0.3, -0.25) is 0 Å². The van der Waals surface area contributed by atoms with Crippen molar-refractivity contribution in [2.45, 2.75) is 0 Å². The lowest BCUT2D eigenvalue weighted by atomic mass is 9.95. The number of benzene rings is 5. The average molecular weight is 567 g/mol. The van der Waals surface area contributed by atoms with Crippen molar-refractivity contribution in [1.82, 2.24) is 0 Å². The molecule has 2 nitrogen and oxygen atoms in total. The van der Waals surface area contributed by atoms with Gasteiger partial charge in [-0.25, -0.2) is 8.78 Å². The Kier molecular flexibility index (Phi) is 5.96. The molecule has 194 valence electrons. The predicted octanol–water partition coefficient (Wildman–Crippen LogP) is 11.4. The van der Waals surface area contributed by atoms with Crippen molar-refractivity contribution < 1.29 is 17.6 Å². The Hall–Kier alpha value is -4.38. The zero-order valence-electron chi connectivity index (χ0n) is 20.7. The molecule has 0 N–H and O–H groups in total. The molecule has 0 aliphatic carbocycles. The first kappa shape index (κ1) is 24.6. The molecular formula is C34H18Cl2F2O2. The van der Waals surface area contributed by atoms with Gasteiger partial charge < -0.3 is 8.83 Å². The van der Waals surface area contributed by atoms with Crippen LogP contribution in [-0.4, -0.2) is 0 Å². The van der Waals surface area contributed by atoms with Gasteiger partial charge in [-0.15, -0.1) is 0 Å². The molecule has 0 saturated heterocycles. The molecule has 2 aromatic heterocycles. The molecule has 0 saturated carbocycles. The van der Waals surface area contributed by atoms with Crippen molar-refractivity contribution in [2.24, 2.45) is 0 Å². The third kappa shape index (κ3) is 3.91. The van der Waals surface area contributed by atoms with E-state index in [0.717, 1.165) is 0 Å². The smallest absolute Gasteiger partial charge is 0.181 e. The van der Waals surface area contributed by atoms with E-state index in [-0.39, 0.29) is 21.9 Å². The van der Waals surface area contributed by atoms with Crippen molar-refractivity contribution in [1.29, 1.82) is 0 Å². The molecule has 7 rings (SSSR count).